The molecule has 0 unspecified atom stereocenters. The van der Waals surface area contributed by atoms with Crippen LogP contribution in [0.15, 0.2) is 6.33 Å². The molecular weight excluding hydrogens is 248 g/mol. The van der Waals surface area contributed by atoms with Gasteiger partial charge in [0.2, 0.25) is 5.91 Å². The average molecular weight is 268 g/mol. The van der Waals surface area contributed by atoms with Crippen molar-refractivity contribution in [2.75, 3.05) is 44.2 Å². The van der Waals surface area contributed by atoms with Gasteiger partial charge in [0.15, 0.2) is 0 Å². The predicted octanol–water partition coefficient (Wildman–Crippen LogP) is -0.731. The second-order valence-corrected chi connectivity index (χ2v) is 4.01. The average Bonchev–Trinajstić information content (AvgIpc) is 2.39. The predicted molar refractivity (Wildman–Crippen MR) is 72.7 cm³/mol. The summed E-state index contributed by atoms with van der Waals surface area (Å²) in [6, 6.07) is 0. The van der Waals surface area contributed by atoms with Crippen LogP contribution in [0.4, 0.5) is 11.6 Å². The molecule has 1 rings (SSSR count). The number of hydrazine groups is 1. The van der Waals surface area contributed by atoms with Crippen LogP contribution in [0.1, 0.15) is 5.56 Å². The Hall–Kier alpha value is -1.93. The molecule has 0 atom stereocenters. The molecule has 0 bridgehead atoms. The van der Waals surface area contributed by atoms with Crippen LogP contribution in [0.3, 0.4) is 0 Å². The van der Waals surface area contributed by atoms with E-state index < -0.39 is 0 Å². The van der Waals surface area contributed by atoms with Gasteiger partial charge in [-0.2, -0.15) is 0 Å². The van der Waals surface area contributed by atoms with Crippen molar-refractivity contribution in [2.24, 2.45) is 5.84 Å². The molecule has 0 aliphatic rings. The van der Waals surface area contributed by atoms with Gasteiger partial charge < -0.3 is 20.4 Å². The summed E-state index contributed by atoms with van der Waals surface area (Å²) in [7, 11) is 3.37. The molecule has 8 heteroatoms. The summed E-state index contributed by atoms with van der Waals surface area (Å²) in [5, 5.41) is 2.74. The molecule has 1 aromatic heterocycles. The van der Waals surface area contributed by atoms with Crippen molar-refractivity contribution in [2.45, 2.75) is 6.92 Å². The first kappa shape index (κ1) is 15.1. The van der Waals surface area contributed by atoms with Gasteiger partial charge >= 0.3 is 0 Å². The number of nitrogens with one attached hydrogen (secondary N) is 2. The summed E-state index contributed by atoms with van der Waals surface area (Å²) in [6.45, 7) is 3.01. The zero-order valence-corrected chi connectivity index (χ0v) is 11.4. The maximum atomic E-state index is 11.7. The van der Waals surface area contributed by atoms with Gasteiger partial charge in [0, 0.05) is 26.3 Å². The molecule has 1 amide bonds. The number of hydrogen-bond acceptors (Lipinski definition) is 7. The number of rotatable bonds is 7. The SMILES string of the molecule is COCCNC(=O)CN(C)c1ncnc(NN)c1C. The summed E-state index contributed by atoms with van der Waals surface area (Å²) >= 11 is 0. The molecule has 1 heterocycles. The third-order valence-electron chi connectivity index (χ3n) is 2.56. The first-order chi connectivity index (χ1) is 9.10. The Balaban J connectivity index is 2.62. The molecule has 4 N–H and O–H groups in total. The van der Waals surface area contributed by atoms with Gasteiger partial charge in [-0.15, -0.1) is 0 Å². The lowest BCUT2D eigenvalue weighted by Gasteiger charge is -2.20. The largest absolute Gasteiger partial charge is 0.383 e. The minimum atomic E-state index is -0.0974. The number of nitrogens with two attached hydrogens (primary N) is 1. The molecule has 106 valence electrons. The van der Waals surface area contributed by atoms with Crippen molar-refractivity contribution in [1.29, 1.82) is 0 Å². The summed E-state index contributed by atoms with van der Waals surface area (Å²) < 4.78 is 4.86. The van der Waals surface area contributed by atoms with Gasteiger partial charge in [0.25, 0.3) is 0 Å². The third-order valence-corrected chi connectivity index (χ3v) is 2.56. The monoisotopic (exact) mass is 268 g/mol. The van der Waals surface area contributed by atoms with E-state index in [2.05, 4.69) is 20.7 Å². The van der Waals surface area contributed by atoms with E-state index in [0.717, 1.165) is 5.56 Å². The quantitative estimate of drug-likeness (QED) is 0.340. The summed E-state index contributed by atoms with van der Waals surface area (Å²) in [4.78, 5) is 21.6. The van der Waals surface area contributed by atoms with E-state index in [9.17, 15) is 4.79 Å². The smallest absolute Gasteiger partial charge is 0.239 e. The van der Waals surface area contributed by atoms with Crippen LogP contribution in [0.2, 0.25) is 0 Å². The minimum Gasteiger partial charge on any atom is -0.383 e. The first-order valence-electron chi connectivity index (χ1n) is 5.85. The zero-order chi connectivity index (χ0) is 14.3. The number of aromatic nitrogens is 2. The topological polar surface area (TPSA) is 105 Å². The van der Waals surface area contributed by atoms with Gasteiger partial charge in [-0.1, -0.05) is 0 Å². The second-order valence-electron chi connectivity index (χ2n) is 4.01. The van der Waals surface area contributed by atoms with Gasteiger partial charge in [-0.05, 0) is 6.92 Å². The number of carbonyl (C=O) groups excluding carboxylic acids is 1. The number of hydrogen-bond donors (Lipinski definition) is 3. The van der Waals surface area contributed by atoms with Crippen molar-refractivity contribution < 1.29 is 9.53 Å². The van der Waals surface area contributed by atoms with Crippen molar-refractivity contribution >= 4 is 17.5 Å². The Labute approximate surface area is 112 Å². The molecule has 0 radical (unpaired) electrons. The van der Waals surface area contributed by atoms with Crippen molar-refractivity contribution in [3.63, 3.8) is 0 Å². The highest BCUT2D eigenvalue weighted by molar-refractivity contribution is 5.81. The minimum absolute atomic E-state index is 0.0974. The van der Waals surface area contributed by atoms with Gasteiger partial charge in [-0.3, -0.25) is 4.79 Å². The van der Waals surface area contributed by atoms with Crippen LogP contribution in [0, 0.1) is 6.92 Å². The standard InChI is InChI=1S/C11H20N6O2/c1-8-10(16-12)14-7-15-11(8)17(2)6-9(18)13-4-5-19-3/h7H,4-6,12H2,1-3H3,(H,13,18)(H,14,15,16). The molecule has 0 aromatic carbocycles. The summed E-state index contributed by atoms with van der Waals surface area (Å²) in [5.74, 6) is 6.45. The van der Waals surface area contributed by atoms with E-state index in [-0.39, 0.29) is 12.5 Å². The number of anilines is 2. The highest BCUT2D eigenvalue weighted by Crippen LogP contribution is 2.19. The number of nitrogens with zero attached hydrogens (tertiary/aromatic N) is 3. The zero-order valence-electron chi connectivity index (χ0n) is 11.4. The molecule has 19 heavy (non-hydrogen) atoms. The number of methoxy groups -OCH3 is 1. The highest BCUT2D eigenvalue weighted by atomic mass is 16.5. The Kier molecular flexibility index (Phi) is 5.97. The lowest BCUT2D eigenvalue weighted by atomic mass is 10.3. The first-order valence-corrected chi connectivity index (χ1v) is 5.85. The van der Waals surface area contributed by atoms with Crippen LogP contribution in [-0.4, -0.2) is 49.7 Å². The number of nitrogen functional groups attached to an aromatic ring is 1. The molecular formula is C11H20N6O2. The molecule has 0 aliphatic carbocycles. The fourth-order valence-electron chi connectivity index (χ4n) is 1.61. The lowest BCUT2D eigenvalue weighted by molar-refractivity contribution is -0.119. The molecule has 0 saturated carbocycles. The van der Waals surface area contributed by atoms with E-state index in [1.807, 2.05) is 6.92 Å². The normalized spacial score (nSPS) is 10.1. The van der Waals surface area contributed by atoms with Crippen LogP contribution in [-0.2, 0) is 9.53 Å². The number of likely N-dealkylation sites (N-methyl/N-ethyl adjacent to an activating group) is 1. The Morgan fingerprint density at radius 3 is 2.89 bits per heavy atom. The van der Waals surface area contributed by atoms with Gasteiger partial charge in [-0.25, -0.2) is 15.8 Å². The molecule has 0 aliphatic heterocycles. The van der Waals surface area contributed by atoms with E-state index in [1.54, 1.807) is 19.1 Å². The Morgan fingerprint density at radius 1 is 1.53 bits per heavy atom. The molecule has 8 nitrogen and oxygen atoms in total. The lowest BCUT2D eigenvalue weighted by Crippen LogP contribution is -2.37. The van der Waals surface area contributed by atoms with Crippen LogP contribution >= 0.6 is 0 Å². The van der Waals surface area contributed by atoms with Gasteiger partial charge in [0.05, 0.1) is 13.2 Å². The molecule has 0 spiro atoms. The molecule has 1 aromatic rings. The van der Waals surface area contributed by atoms with E-state index in [4.69, 9.17) is 10.6 Å². The molecule has 0 saturated heterocycles. The summed E-state index contributed by atoms with van der Waals surface area (Å²) in [6.07, 6.45) is 1.40. The van der Waals surface area contributed by atoms with Crippen molar-refractivity contribution in [3.05, 3.63) is 11.9 Å². The fraction of sp³-hybridized carbons (Fsp3) is 0.545. The third kappa shape index (κ3) is 4.34. The van der Waals surface area contributed by atoms with Gasteiger partial charge in [0.1, 0.15) is 18.0 Å². The van der Waals surface area contributed by atoms with E-state index in [0.29, 0.717) is 24.8 Å². The van der Waals surface area contributed by atoms with Crippen molar-refractivity contribution in [3.8, 4) is 0 Å². The van der Waals surface area contributed by atoms with Crippen LogP contribution in [0.25, 0.3) is 0 Å². The van der Waals surface area contributed by atoms with Crippen LogP contribution in [0.5, 0.6) is 0 Å². The number of ether oxygens (including phenoxy) is 1. The van der Waals surface area contributed by atoms with Crippen LogP contribution < -0.4 is 21.5 Å². The Bertz CT molecular complexity index is 426. The molecule has 0 fully saturated rings. The van der Waals surface area contributed by atoms with E-state index >= 15 is 0 Å². The maximum absolute atomic E-state index is 11.7. The summed E-state index contributed by atoms with van der Waals surface area (Å²) in [5.41, 5.74) is 3.28. The maximum Gasteiger partial charge on any atom is 0.239 e. The highest BCUT2D eigenvalue weighted by Gasteiger charge is 2.13. The fourth-order valence-corrected chi connectivity index (χ4v) is 1.61. The Morgan fingerprint density at radius 2 is 2.26 bits per heavy atom. The van der Waals surface area contributed by atoms with E-state index in [1.165, 1.54) is 6.33 Å². The van der Waals surface area contributed by atoms with Crippen molar-refractivity contribution in [1.82, 2.24) is 15.3 Å². The number of carbonyl (C=O) groups is 1. The second kappa shape index (κ2) is 7.49. The number of amides is 1.